The number of aliphatic hydroxyl groups is 1. The molecule has 200 valence electrons. The summed E-state index contributed by atoms with van der Waals surface area (Å²) in [7, 11) is 0. The SMILES string of the molecule is OC(Cn1cncn1)(Cn1cc2cc(NCc3ccc(-c4ccccc4)cc3)ccc2n1)c1ccc(F)cc1F. The molecule has 2 heterocycles. The third kappa shape index (κ3) is 5.45. The van der Waals surface area contributed by atoms with Crippen molar-refractivity contribution in [1.29, 1.82) is 0 Å². The molecule has 40 heavy (non-hydrogen) atoms. The van der Waals surface area contributed by atoms with Gasteiger partial charge in [-0.3, -0.25) is 4.68 Å². The lowest BCUT2D eigenvalue weighted by Gasteiger charge is -2.28. The van der Waals surface area contributed by atoms with Crippen LogP contribution in [-0.4, -0.2) is 29.7 Å². The minimum absolute atomic E-state index is 0.0513. The van der Waals surface area contributed by atoms with Crippen LogP contribution in [0.1, 0.15) is 11.1 Å². The molecule has 0 aliphatic heterocycles. The lowest BCUT2D eigenvalue weighted by atomic mass is 9.93. The highest BCUT2D eigenvalue weighted by Gasteiger charge is 2.34. The van der Waals surface area contributed by atoms with E-state index in [0.29, 0.717) is 6.54 Å². The second-order valence-corrected chi connectivity index (χ2v) is 9.77. The lowest BCUT2D eigenvalue weighted by Crippen LogP contribution is -2.37. The van der Waals surface area contributed by atoms with E-state index in [1.165, 1.54) is 34.5 Å². The molecule has 0 amide bonds. The number of halogens is 2. The van der Waals surface area contributed by atoms with Crippen molar-refractivity contribution >= 4 is 16.6 Å². The molecule has 0 bridgehead atoms. The highest BCUT2D eigenvalue weighted by molar-refractivity contribution is 5.82. The number of anilines is 1. The van der Waals surface area contributed by atoms with Gasteiger partial charge in [0.15, 0.2) is 0 Å². The van der Waals surface area contributed by atoms with Gasteiger partial charge in [-0.2, -0.15) is 10.2 Å². The van der Waals surface area contributed by atoms with E-state index >= 15 is 0 Å². The van der Waals surface area contributed by atoms with Crippen molar-refractivity contribution in [2.45, 2.75) is 25.2 Å². The minimum Gasteiger partial charge on any atom is -0.381 e. The predicted molar refractivity (Wildman–Crippen MR) is 149 cm³/mol. The van der Waals surface area contributed by atoms with Gasteiger partial charge in [-0.25, -0.2) is 18.4 Å². The molecule has 9 heteroatoms. The molecule has 4 aromatic carbocycles. The fraction of sp³-hybridized carbons (Fsp3) is 0.129. The van der Waals surface area contributed by atoms with Gasteiger partial charge in [0.1, 0.15) is 29.9 Å². The van der Waals surface area contributed by atoms with Crippen molar-refractivity contribution in [3.8, 4) is 11.1 Å². The van der Waals surface area contributed by atoms with Crippen LogP contribution in [0, 0.1) is 11.6 Å². The van der Waals surface area contributed by atoms with E-state index in [1.54, 1.807) is 10.9 Å². The normalized spacial score (nSPS) is 12.9. The summed E-state index contributed by atoms with van der Waals surface area (Å²) in [6.07, 6.45) is 4.55. The molecule has 0 fully saturated rings. The molecule has 0 radical (unpaired) electrons. The first-order valence-electron chi connectivity index (χ1n) is 12.8. The summed E-state index contributed by atoms with van der Waals surface area (Å²) in [6, 6.07) is 27.6. The summed E-state index contributed by atoms with van der Waals surface area (Å²) in [5.41, 5.74) is 3.32. The number of hydrogen-bond donors (Lipinski definition) is 2. The van der Waals surface area contributed by atoms with Crippen molar-refractivity contribution in [3.63, 3.8) is 0 Å². The van der Waals surface area contributed by atoms with E-state index in [4.69, 9.17) is 0 Å². The summed E-state index contributed by atoms with van der Waals surface area (Å²) in [5, 5.41) is 24.6. The molecule has 6 rings (SSSR count). The Morgan fingerprint density at radius 1 is 0.825 bits per heavy atom. The molecule has 0 spiro atoms. The van der Waals surface area contributed by atoms with Crippen LogP contribution in [0.2, 0.25) is 0 Å². The average molecular weight is 537 g/mol. The lowest BCUT2D eigenvalue weighted by molar-refractivity contribution is -0.00828. The van der Waals surface area contributed by atoms with Crippen molar-refractivity contribution < 1.29 is 13.9 Å². The Kier molecular flexibility index (Phi) is 6.79. The molecule has 0 aliphatic rings. The van der Waals surface area contributed by atoms with Crippen molar-refractivity contribution in [2.75, 3.05) is 5.32 Å². The second kappa shape index (κ2) is 10.7. The number of nitrogens with zero attached hydrogens (tertiary/aromatic N) is 5. The van der Waals surface area contributed by atoms with Crippen LogP contribution in [0.4, 0.5) is 14.5 Å². The summed E-state index contributed by atoms with van der Waals surface area (Å²) in [6.45, 7) is 0.471. The molecule has 6 aromatic rings. The van der Waals surface area contributed by atoms with E-state index < -0.39 is 17.2 Å². The van der Waals surface area contributed by atoms with Gasteiger partial charge in [-0.15, -0.1) is 0 Å². The number of benzene rings is 4. The first-order chi connectivity index (χ1) is 19.4. The first-order valence-corrected chi connectivity index (χ1v) is 12.8. The van der Waals surface area contributed by atoms with Gasteiger partial charge in [0.05, 0.1) is 18.6 Å². The van der Waals surface area contributed by atoms with E-state index in [0.717, 1.165) is 34.3 Å². The monoisotopic (exact) mass is 536 g/mol. The van der Waals surface area contributed by atoms with E-state index in [1.807, 2.05) is 36.4 Å². The van der Waals surface area contributed by atoms with Gasteiger partial charge in [0.2, 0.25) is 0 Å². The van der Waals surface area contributed by atoms with Gasteiger partial charge >= 0.3 is 0 Å². The van der Waals surface area contributed by atoms with Crippen LogP contribution in [0.3, 0.4) is 0 Å². The fourth-order valence-electron chi connectivity index (χ4n) is 4.86. The highest BCUT2D eigenvalue weighted by atomic mass is 19.1. The quantitative estimate of drug-likeness (QED) is 0.245. The summed E-state index contributed by atoms with van der Waals surface area (Å²) in [4.78, 5) is 3.90. The van der Waals surface area contributed by atoms with E-state index in [-0.39, 0.29) is 18.7 Å². The molecule has 1 unspecified atom stereocenters. The van der Waals surface area contributed by atoms with Crippen molar-refractivity contribution in [3.05, 3.63) is 133 Å². The molecule has 1 atom stereocenters. The van der Waals surface area contributed by atoms with Crippen LogP contribution in [0.15, 0.2) is 110 Å². The number of hydrogen-bond acceptors (Lipinski definition) is 5. The van der Waals surface area contributed by atoms with Gasteiger partial charge in [0.25, 0.3) is 0 Å². The van der Waals surface area contributed by atoms with Crippen LogP contribution in [0.5, 0.6) is 0 Å². The van der Waals surface area contributed by atoms with Crippen LogP contribution in [0.25, 0.3) is 22.0 Å². The molecule has 2 aromatic heterocycles. The number of aromatic nitrogens is 5. The number of fused-ring (bicyclic) bond motifs is 1. The zero-order valence-corrected chi connectivity index (χ0v) is 21.5. The molecule has 2 N–H and O–H groups in total. The Morgan fingerprint density at radius 3 is 2.35 bits per heavy atom. The number of nitrogens with one attached hydrogen (secondary N) is 1. The zero-order chi connectivity index (χ0) is 27.5. The van der Waals surface area contributed by atoms with Crippen LogP contribution >= 0.6 is 0 Å². The number of rotatable bonds is 9. The van der Waals surface area contributed by atoms with E-state index in [2.05, 4.69) is 56.9 Å². The molecular formula is C31H26F2N6O. The molecule has 0 saturated heterocycles. The molecular weight excluding hydrogens is 510 g/mol. The van der Waals surface area contributed by atoms with Crippen LogP contribution < -0.4 is 5.32 Å². The zero-order valence-electron chi connectivity index (χ0n) is 21.5. The second-order valence-electron chi connectivity index (χ2n) is 9.77. The average Bonchev–Trinajstić information content (AvgIpc) is 3.61. The highest BCUT2D eigenvalue weighted by Crippen LogP contribution is 2.29. The van der Waals surface area contributed by atoms with Crippen molar-refractivity contribution in [1.82, 2.24) is 24.5 Å². The third-order valence-electron chi connectivity index (χ3n) is 6.86. The molecule has 0 aliphatic carbocycles. The fourth-order valence-corrected chi connectivity index (χ4v) is 4.86. The van der Waals surface area contributed by atoms with Gasteiger partial charge in [-0.1, -0.05) is 60.7 Å². The summed E-state index contributed by atoms with van der Waals surface area (Å²) < 4.78 is 31.4. The van der Waals surface area contributed by atoms with Gasteiger partial charge < -0.3 is 10.4 Å². The molecule has 0 saturated carbocycles. The molecule has 7 nitrogen and oxygen atoms in total. The van der Waals surface area contributed by atoms with Gasteiger partial charge in [0, 0.05) is 35.4 Å². The van der Waals surface area contributed by atoms with Crippen LogP contribution in [-0.2, 0) is 25.2 Å². The maximum atomic E-state index is 14.8. The Bertz CT molecular complexity index is 1740. The Hall–Kier alpha value is -4.89. The maximum absolute atomic E-state index is 14.8. The summed E-state index contributed by atoms with van der Waals surface area (Å²) >= 11 is 0. The topological polar surface area (TPSA) is 80.8 Å². The minimum atomic E-state index is -1.76. The van der Waals surface area contributed by atoms with Crippen molar-refractivity contribution in [2.24, 2.45) is 0 Å². The first kappa shape index (κ1) is 25.4. The predicted octanol–water partition coefficient (Wildman–Crippen LogP) is 5.77. The third-order valence-corrected chi connectivity index (χ3v) is 6.86. The Morgan fingerprint density at radius 2 is 1.60 bits per heavy atom. The largest absolute Gasteiger partial charge is 0.381 e. The van der Waals surface area contributed by atoms with E-state index in [9.17, 15) is 13.9 Å². The summed E-state index contributed by atoms with van der Waals surface area (Å²) in [5.74, 6) is -1.57. The Labute approximate surface area is 229 Å². The smallest absolute Gasteiger partial charge is 0.137 e. The van der Waals surface area contributed by atoms with Gasteiger partial charge in [-0.05, 0) is 41.0 Å². The Balaban J connectivity index is 1.20. The standard InChI is InChI=1S/C31H26F2N6O/c32-26-10-12-28(29(33)15-26)31(40,19-39-21-34-20-36-39)18-38-17-25-14-27(11-13-30(25)37-38)35-16-22-6-8-24(9-7-22)23-4-2-1-3-5-23/h1-15,17,20-21,35,40H,16,18-19H2. The maximum Gasteiger partial charge on any atom is 0.137 e.